The molecule has 0 amide bonds. The highest BCUT2D eigenvalue weighted by molar-refractivity contribution is 7.10. The molecule has 0 spiro atoms. The normalized spacial score (nSPS) is 20.9. The Morgan fingerprint density at radius 3 is 2.91 bits per heavy atom. The first-order valence-corrected chi connectivity index (χ1v) is 8.95. The lowest BCUT2D eigenvalue weighted by molar-refractivity contribution is -0.932. The minimum absolute atomic E-state index is 0.574. The Kier molecular flexibility index (Phi) is 3.97. The van der Waals surface area contributed by atoms with Crippen molar-refractivity contribution in [3.05, 3.63) is 58.1 Å². The Morgan fingerprint density at radius 1 is 1.26 bits per heavy atom. The molecule has 1 aliphatic rings. The summed E-state index contributed by atoms with van der Waals surface area (Å²) in [7, 11) is 0. The van der Waals surface area contributed by atoms with E-state index in [0.717, 1.165) is 18.0 Å². The van der Waals surface area contributed by atoms with E-state index in [2.05, 4.69) is 46.7 Å². The number of rotatable bonds is 4. The van der Waals surface area contributed by atoms with Crippen LogP contribution >= 0.6 is 11.3 Å². The van der Waals surface area contributed by atoms with Gasteiger partial charge in [-0.2, -0.15) is 4.98 Å². The van der Waals surface area contributed by atoms with Gasteiger partial charge in [0, 0.05) is 18.4 Å². The van der Waals surface area contributed by atoms with Gasteiger partial charge in [0.1, 0.15) is 6.04 Å². The molecular formula is C18H20N3OS+. The number of quaternary nitrogens is 1. The summed E-state index contributed by atoms with van der Waals surface area (Å²) in [5, 5.41) is 6.31. The van der Waals surface area contributed by atoms with Crippen LogP contribution in [0.5, 0.6) is 0 Å². The second-order valence-electron chi connectivity index (χ2n) is 6.17. The van der Waals surface area contributed by atoms with Crippen LogP contribution in [0, 0.1) is 6.92 Å². The molecule has 4 rings (SSSR count). The molecule has 3 aromatic rings. The third-order valence-electron chi connectivity index (χ3n) is 4.53. The Morgan fingerprint density at radius 2 is 2.13 bits per heavy atom. The van der Waals surface area contributed by atoms with Crippen molar-refractivity contribution in [1.82, 2.24) is 10.1 Å². The van der Waals surface area contributed by atoms with Crippen molar-refractivity contribution >= 4 is 11.3 Å². The summed E-state index contributed by atoms with van der Waals surface area (Å²) in [4.78, 5) is 7.60. The van der Waals surface area contributed by atoms with E-state index in [4.69, 9.17) is 4.52 Å². The molecule has 0 aliphatic carbocycles. The van der Waals surface area contributed by atoms with Crippen LogP contribution in [0.4, 0.5) is 0 Å². The summed E-state index contributed by atoms with van der Waals surface area (Å²) in [6.07, 6.45) is 2.51. The fourth-order valence-electron chi connectivity index (χ4n) is 3.30. The molecule has 23 heavy (non-hydrogen) atoms. The molecule has 118 valence electrons. The fraction of sp³-hybridized carbons (Fsp3) is 0.333. The maximum Gasteiger partial charge on any atom is 0.282 e. The lowest BCUT2D eigenvalue weighted by Gasteiger charge is -2.18. The zero-order chi connectivity index (χ0) is 15.6. The Hall–Kier alpha value is -1.98. The van der Waals surface area contributed by atoms with Crippen molar-refractivity contribution in [2.24, 2.45) is 0 Å². The first-order valence-electron chi connectivity index (χ1n) is 8.07. The highest BCUT2D eigenvalue weighted by Gasteiger charge is 2.32. The van der Waals surface area contributed by atoms with Gasteiger partial charge in [-0.25, -0.2) is 0 Å². The monoisotopic (exact) mass is 326 g/mol. The zero-order valence-corrected chi connectivity index (χ0v) is 14.0. The maximum atomic E-state index is 5.50. The Labute approximate surface area is 139 Å². The number of nitrogens with zero attached hydrogens (tertiary/aromatic N) is 2. The van der Waals surface area contributed by atoms with Gasteiger partial charge in [-0.05, 0) is 18.4 Å². The number of aromatic nitrogens is 2. The van der Waals surface area contributed by atoms with E-state index in [1.807, 2.05) is 23.5 Å². The molecule has 1 aromatic carbocycles. The molecule has 1 fully saturated rings. The van der Waals surface area contributed by atoms with E-state index in [0.29, 0.717) is 11.9 Å². The van der Waals surface area contributed by atoms with Gasteiger partial charge in [0.2, 0.25) is 5.82 Å². The molecule has 1 aliphatic heterocycles. The number of likely N-dealkylation sites (tertiary alicyclic amines) is 1. The zero-order valence-electron chi connectivity index (χ0n) is 13.2. The molecule has 0 bridgehead atoms. The number of nitrogens with one attached hydrogen (secondary N) is 1. The van der Waals surface area contributed by atoms with E-state index in [1.54, 1.807) is 0 Å². The van der Waals surface area contributed by atoms with Crippen LogP contribution in [0.2, 0.25) is 0 Å². The van der Waals surface area contributed by atoms with Crippen LogP contribution in [0.15, 0.2) is 46.3 Å². The van der Waals surface area contributed by atoms with Gasteiger partial charge < -0.3 is 9.42 Å². The molecule has 1 unspecified atom stereocenters. The summed E-state index contributed by atoms with van der Waals surface area (Å²) in [6, 6.07) is 13.2. The summed E-state index contributed by atoms with van der Waals surface area (Å²) in [5.74, 6) is 1.42. The van der Waals surface area contributed by atoms with E-state index in [-0.39, 0.29) is 0 Å². The van der Waals surface area contributed by atoms with Crippen LogP contribution < -0.4 is 4.90 Å². The van der Waals surface area contributed by atoms with Crippen LogP contribution in [-0.2, 0) is 6.54 Å². The standard InChI is InChI=1S/C18H19N3OS/c1-13-6-8-14(9-7-13)18-19-17(22-20-18)12-21-10-2-4-15(21)16-5-3-11-23-16/h3,5-9,11,15H,2,4,10,12H2,1H3/p+1/t15-/m1/s1. The largest absolute Gasteiger partial charge is 0.333 e. The van der Waals surface area contributed by atoms with Crippen molar-refractivity contribution < 1.29 is 9.42 Å². The second kappa shape index (κ2) is 6.26. The first-order chi connectivity index (χ1) is 11.3. The van der Waals surface area contributed by atoms with E-state index >= 15 is 0 Å². The van der Waals surface area contributed by atoms with Crippen molar-refractivity contribution in [2.75, 3.05) is 6.54 Å². The lowest BCUT2D eigenvalue weighted by Crippen LogP contribution is -3.08. The van der Waals surface area contributed by atoms with Gasteiger partial charge in [-0.1, -0.05) is 41.1 Å². The molecule has 4 nitrogen and oxygen atoms in total. The summed E-state index contributed by atoms with van der Waals surface area (Å²) >= 11 is 1.85. The molecule has 3 heterocycles. The summed E-state index contributed by atoms with van der Waals surface area (Å²) in [6.45, 7) is 4.05. The average Bonchev–Trinajstić information content (AvgIpc) is 3.29. The first kappa shape index (κ1) is 14.6. The van der Waals surface area contributed by atoms with Crippen molar-refractivity contribution in [3.63, 3.8) is 0 Å². The van der Waals surface area contributed by atoms with Gasteiger partial charge >= 0.3 is 0 Å². The number of hydrogen-bond acceptors (Lipinski definition) is 4. The SMILES string of the molecule is Cc1ccc(-c2noc(C[NH+]3CCC[C@@H]3c3cccs3)n2)cc1. The highest BCUT2D eigenvalue weighted by Crippen LogP contribution is 2.24. The predicted octanol–water partition coefficient (Wildman–Crippen LogP) is 3.03. The van der Waals surface area contributed by atoms with E-state index < -0.39 is 0 Å². The topological polar surface area (TPSA) is 43.4 Å². The van der Waals surface area contributed by atoms with Gasteiger partial charge in [0.25, 0.3) is 5.89 Å². The molecule has 1 N–H and O–H groups in total. The third-order valence-corrected chi connectivity index (χ3v) is 5.51. The minimum Gasteiger partial charge on any atom is -0.333 e. The molecule has 0 saturated carbocycles. The average molecular weight is 326 g/mol. The molecule has 2 aromatic heterocycles. The van der Waals surface area contributed by atoms with Crippen LogP contribution in [-0.4, -0.2) is 16.7 Å². The van der Waals surface area contributed by atoms with E-state index in [9.17, 15) is 0 Å². The third kappa shape index (κ3) is 3.07. The number of hydrogen-bond donors (Lipinski definition) is 1. The summed E-state index contributed by atoms with van der Waals surface area (Å²) in [5.41, 5.74) is 2.24. The Balaban J connectivity index is 1.50. The van der Waals surface area contributed by atoms with Gasteiger partial charge in [0.05, 0.1) is 11.4 Å². The minimum atomic E-state index is 0.574. The Bertz CT molecular complexity index is 764. The molecule has 5 heteroatoms. The van der Waals surface area contributed by atoms with Crippen molar-refractivity contribution in [3.8, 4) is 11.4 Å². The smallest absolute Gasteiger partial charge is 0.282 e. The van der Waals surface area contributed by atoms with Gasteiger partial charge in [-0.15, -0.1) is 11.3 Å². The lowest BCUT2D eigenvalue weighted by atomic mass is 10.1. The molecule has 0 radical (unpaired) electrons. The van der Waals surface area contributed by atoms with E-state index in [1.165, 1.54) is 34.7 Å². The molecule has 2 atom stereocenters. The number of benzene rings is 1. The fourth-order valence-corrected chi connectivity index (χ4v) is 4.22. The van der Waals surface area contributed by atoms with Crippen molar-refractivity contribution in [1.29, 1.82) is 0 Å². The van der Waals surface area contributed by atoms with Gasteiger partial charge in [0.15, 0.2) is 6.54 Å². The van der Waals surface area contributed by atoms with Crippen LogP contribution in [0.25, 0.3) is 11.4 Å². The predicted molar refractivity (Wildman–Crippen MR) is 90.3 cm³/mol. The molecule has 1 saturated heterocycles. The van der Waals surface area contributed by atoms with Crippen molar-refractivity contribution in [2.45, 2.75) is 32.4 Å². The summed E-state index contributed by atoms with van der Waals surface area (Å²) < 4.78 is 5.50. The maximum absolute atomic E-state index is 5.50. The van der Waals surface area contributed by atoms with Crippen LogP contribution in [0.1, 0.15) is 35.2 Å². The highest BCUT2D eigenvalue weighted by atomic mass is 32.1. The number of aryl methyl sites for hydroxylation is 1. The number of thiophene rings is 1. The second-order valence-corrected chi connectivity index (χ2v) is 7.15. The van der Waals surface area contributed by atoms with Crippen LogP contribution in [0.3, 0.4) is 0 Å². The molecular weight excluding hydrogens is 306 g/mol. The van der Waals surface area contributed by atoms with Gasteiger partial charge in [-0.3, -0.25) is 0 Å². The quantitative estimate of drug-likeness (QED) is 0.801.